The van der Waals surface area contributed by atoms with Crippen LogP contribution in [0.25, 0.3) is 56.7 Å². The maximum absolute atomic E-state index is 8.99. The molecule has 0 aromatic heterocycles. The molecule has 0 spiro atoms. The van der Waals surface area contributed by atoms with Gasteiger partial charge in [0.2, 0.25) is 0 Å². The van der Waals surface area contributed by atoms with Gasteiger partial charge >= 0.3 is 411 Å². The zero-order valence-electron chi connectivity index (χ0n) is 42.7. The van der Waals surface area contributed by atoms with Crippen molar-refractivity contribution in [1.82, 2.24) is 0 Å². The van der Waals surface area contributed by atoms with E-state index in [0.717, 1.165) is 0 Å². The third kappa shape index (κ3) is 8.52. The SMILES string of the molecule is CC1=Cc2c(ccc(-c3ccccc3)c2-c2cc(C(C)(C)C)cc(C(C)(C)C)c2)[CH]1[Zr]([Cl])([Cl])([CH]1C(C)=Cc2c1ccc(-c1ccccc1)c2-c1cc(C(C)(C)C)cc(C(C)(C)C)c1)[SiH](C)C. The van der Waals surface area contributed by atoms with Gasteiger partial charge in [0.1, 0.15) is 0 Å². The van der Waals surface area contributed by atoms with Gasteiger partial charge in [-0.15, -0.1) is 0 Å². The topological polar surface area (TPSA) is 0 Å². The van der Waals surface area contributed by atoms with Gasteiger partial charge in [0.05, 0.1) is 0 Å². The summed E-state index contributed by atoms with van der Waals surface area (Å²) in [6.45, 7) is 37.6. The van der Waals surface area contributed by atoms with Crippen LogP contribution >= 0.6 is 17.0 Å². The molecule has 0 saturated heterocycles. The Morgan fingerprint density at radius 1 is 0.409 bits per heavy atom. The van der Waals surface area contributed by atoms with Crippen LogP contribution in [-0.2, 0) is 37.2 Å². The van der Waals surface area contributed by atoms with Crippen molar-refractivity contribution in [2.75, 3.05) is 0 Å². The first kappa shape index (κ1) is 48.9. The first-order valence-corrected chi connectivity index (χ1v) is 40.6. The van der Waals surface area contributed by atoms with E-state index in [2.05, 4.69) is 244 Å². The first-order valence-electron chi connectivity index (χ1n) is 24.3. The second-order valence-corrected chi connectivity index (χ2v) is 66.8. The average Bonchev–Trinajstić information content (AvgIpc) is 3.78. The van der Waals surface area contributed by atoms with Crippen LogP contribution < -0.4 is 0 Å². The molecular weight excluding hydrogens is 935 g/mol. The molecule has 0 N–H and O–H groups in total. The predicted molar refractivity (Wildman–Crippen MR) is 293 cm³/mol. The molecule has 4 heteroatoms. The van der Waals surface area contributed by atoms with Crippen LogP contribution in [0.5, 0.6) is 0 Å². The Morgan fingerprint density at radius 2 is 0.712 bits per heavy atom. The zero-order valence-corrected chi connectivity index (χ0v) is 47.8. The van der Waals surface area contributed by atoms with Crippen LogP contribution in [0, 0.1) is 0 Å². The molecule has 2 aliphatic rings. The Kier molecular flexibility index (Phi) is 12.5. The third-order valence-electron chi connectivity index (χ3n) is 15.1. The summed E-state index contributed by atoms with van der Waals surface area (Å²) in [5.41, 5.74) is 23.2. The maximum atomic E-state index is 8.99. The fourth-order valence-corrected chi connectivity index (χ4v) is 44.0. The van der Waals surface area contributed by atoms with Gasteiger partial charge in [0, 0.05) is 0 Å². The van der Waals surface area contributed by atoms with Gasteiger partial charge in [-0.3, -0.25) is 0 Å². The summed E-state index contributed by atoms with van der Waals surface area (Å²) < 4.78 is -0.0534. The molecule has 0 fully saturated rings. The molecule has 0 bridgehead atoms. The Labute approximate surface area is 407 Å². The number of fused-ring (bicyclic) bond motifs is 2. The van der Waals surface area contributed by atoms with Gasteiger partial charge in [-0.05, 0) is 0 Å². The van der Waals surface area contributed by atoms with Gasteiger partial charge in [-0.25, -0.2) is 0 Å². The van der Waals surface area contributed by atoms with Crippen molar-refractivity contribution in [3.8, 4) is 44.5 Å². The van der Waals surface area contributed by atoms with E-state index in [4.69, 9.17) is 17.0 Å². The number of hydrogen-bond acceptors (Lipinski definition) is 0. The quantitative estimate of drug-likeness (QED) is 0.140. The van der Waals surface area contributed by atoms with E-state index >= 15 is 0 Å². The van der Waals surface area contributed by atoms with Crippen LogP contribution in [-0.4, -0.2) is 5.92 Å². The Bertz CT molecular complexity index is 2660. The summed E-state index contributed by atoms with van der Waals surface area (Å²) in [6.07, 6.45) is 4.98. The molecule has 6 aromatic rings. The van der Waals surface area contributed by atoms with E-state index in [-0.39, 0.29) is 28.9 Å². The molecule has 6 aromatic carbocycles. The van der Waals surface area contributed by atoms with Crippen molar-refractivity contribution >= 4 is 35.1 Å². The second-order valence-electron chi connectivity index (χ2n) is 24.3. The standard InChI is InChI=1S/2C30H33.C2H7Si.2ClH.Zr/c2*1-20-15-22-13-14-26(21-11-9-8-10-12-21)28(27(22)16-20)23-17-24(29(2,3)4)19-25(18-23)30(5,6)7;1-3-2;;;/h2*8-19H,1-7H3;3H,1-2H3;2*1H;/q;;;;;+2/p-2. The van der Waals surface area contributed by atoms with Gasteiger partial charge in [-0.1, -0.05) is 0 Å². The summed E-state index contributed by atoms with van der Waals surface area (Å²) in [4.78, 5) is 0. The van der Waals surface area contributed by atoms with E-state index in [1.54, 1.807) is 0 Å². The monoisotopic (exact) mass is 1010 g/mol. The Morgan fingerprint density at radius 3 is 0.985 bits per heavy atom. The summed E-state index contributed by atoms with van der Waals surface area (Å²) in [5.74, 6) is -1.80. The van der Waals surface area contributed by atoms with E-state index in [1.165, 1.54) is 100 Å². The summed E-state index contributed by atoms with van der Waals surface area (Å²) in [6, 6.07) is 46.2. The van der Waals surface area contributed by atoms with Crippen molar-refractivity contribution in [3.63, 3.8) is 0 Å². The molecule has 0 nitrogen and oxygen atoms in total. The molecule has 343 valence electrons. The van der Waals surface area contributed by atoms with E-state index in [9.17, 15) is 0 Å². The number of rotatable bonds is 7. The van der Waals surface area contributed by atoms with Crippen molar-refractivity contribution in [2.24, 2.45) is 0 Å². The van der Waals surface area contributed by atoms with Crippen LogP contribution in [0.2, 0.25) is 13.1 Å². The van der Waals surface area contributed by atoms with Crippen molar-refractivity contribution < 1.29 is 15.6 Å². The fraction of sp³-hybridized carbons (Fsp3) is 0.355. The molecule has 66 heavy (non-hydrogen) atoms. The summed E-state index contributed by atoms with van der Waals surface area (Å²) in [7, 11) is 18.0. The summed E-state index contributed by atoms with van der Waals surface area (Å²) in [5, 5.41) is 0. The van der Waals surface area contributed by atoms with Crippen LogP contribution in [0.15, 0.2) is 132 Å². The van der Waals surface area contributed by atoms with Crippen LogP contribution in [0.3, 0.4) is 0 Å². The number of halogens is 2. The number of hydrogen-bond donors (Lipinski definition) is 0. The van der Waals surface area contributed by atoms with E-state index in [1.807, 2.05) is 0 Å². The van der Waals surface area contributed by atoms with E-state index in [0.29, 0.717) is 0 Å². The molecule has 2 unspecified atom stereocenters. The molecule has 2 atom stereocenters. The van der Waals surface area contributed by atoms with Gasteiger partial charge in [-0.2, -0.15) is 0 Å². The minimum atomic E-state index is -5.11. The average molecular weight is 1010 g/mol. The third-order valence-corrected chi connectivity index (χ3v) is 67.4. The van der Waals surface area contributed by atoms with E-state index < -0.39 is 21.5 Å². The van der Waals surface area contributed by atoms with Crippen LogP contribution in [0.4, 0.5) is 0 Å². The van der Waals surface area contributed by atoms with Crippen LogP contribution in [0.1, 0.15) is 149 Å². The van der Waals surface area contributed by atoms with Gasteiger partial charge in [0.15, 0.2) is 0 Å². The van der Waals surface area contributed by atoms with Gasteiger partial charge < -0.3 is 0 Å². The molecule has 0 saturated carbocycles. The molecule has 2 aliphatic carbocycles. The Balaban J connectivity index is 1.40. The van der Waals surface area contributed by atoms with Crippen molar-refractivity contribution in [2.45, 2.75) is 139 Å². The fourth-order valence-electron chi connectivity index (χ4n) is 11.1. The van der Waals surface area contributed by atoms with Crippen molar-refractivity contribution in [3.05, 3.63) is 177 Å². The molecule has 8 rings (SSSR count). The first-order chi connectivity index (χ1) is 30.6. The van der Waals surface area contributed by atoms with Crippen molar-refractivity contribution in [1.29, 1.82) is 0 Å². The predicted octanol–water partition coefficient (Wildman–Crippen LogP) is 19.1. The van der Waals surface area contributed by atoms with Gasteiger partial charge in [0.25, 0.3) is 0 Å². The number of allylic oxidation sites excluding steroid dienone is 2. The number of benzene rings is 6. The second kappa shape index (κ2) is 16.9. The Hall–Kier alpha value is -3.52. The molecule has 0 amide bonds. The molecule has 0 radical (unpaired) electrons. The minimum absolute atomic E-state index is 0.0261. The summed E-state index contributed by atoms with van der Waals surface area (Å²) >= 11 is -5.11. The molecular formula is C62H73Cl2SiZr. The molecule has 0 aliphatic heterocycles. The zero-order chi connectivity index (χ0) is 48.1. The molecule has 0 heterocycles. The normalized spacial score (nSPS) is 17.3.